The first-order chi connectivity index (χ1) is 5.22. The Kier molecular flexibility index (Phi) is 1.46. The van der Waals surface area contributed by atoms with Gasteiger partial charge in [-0.05, 0) is 0 Å². The van der Waals surface area contributed by atoms with Crippen molar-refractivity contribution >= 4 is 0 Å². The molecule has 0 aromatic carbocycles. The highest BCUT2D eigenvalue weighted by atomic mass is 19.1. The molecule has 2 aliphatic rings. The summed E-state index contributed by atoms with van der Waals surface area (Å²) in [5, 5.41) is 11.8. The van der Waals surface area contributed by atoms with Crippen molar-refractivity contribution < 1.29 is 14.2 Å². The van der Waals surface area contributed by atoms with Crippen molar-refractivity contribution in [3.05, 3.63) is 0 Å². The second-order valence-electron chi connectivity index (χ2n) is 3.50. The minimum absolute atomic E-state index is 0.257. The van der Waals surface area contributed by atoms with Crippen LogP contribution in [0.3, 0.4) is 0 Å². The van der Waals surface area contributed by atoms with E-state index in [9.17, 15) is 4.39 Å². The molecule has 0 radical (unpaired) electrons. The van der Waals surface area contributed by atoms with Gasteiger partial charge in [0.05, 0.1) is 25.2 Å². The van der Waals surface area contributed by atoms with Crippen LogP contribution < -0.4 is 5.32 Å². The second-order valence-corrected chi connectivity index (χ2v) is 3.50. The van der Waals surface area contributed by atoms with Crippen molar-refractivity contribution in [2.45, 2.75) is 5.67 Å². The monoisotopic (exact) mass is 161 g/mol. The number of aliphatic hydroxyl groups is 1. The first-order valence-corrected chi connectivity index (χ1v) is 3.81. The molecule has 2 saturated heterocycles. The Balaban J connectivity index is 2.19. The Morgan fingerprint density at radius 1 is 1.45 bits per heavy atom. The van der Waals surface area contributed by atoms with Gasteiger partial charge in [-0.15, -0.1) is 0 Å². The van der Waals surface area contributed by atoms with Gasteiger partial charge in [0.15, 0.2) is 5.67 Å². The molecule has 0 bridgehead atoms. The number of hydrogen-bond donors (Lipinski definition) is 2. The Labute approximate surface area is 64.5 Å². The van der Waals surface area contributed by atoms with E-state index in [0.717, 1.165) is 0 Å². The summed E-state index contributed by atoms with van der Waals surface area (Å²) >= 11 is 0. The molecule has 4 heteroatoms. The van der Waals surface area contributed by atoms with E-state index < -0.39 is 17.7 Å². The second kappa shape index (κ2) is 2.15. The Hall–Kier alpha value is -0.190. The summed E-state index contributed by atoms with van der Waals surface area (Å²) in [6.07, 6.45) is 0. The summed E-state index contributed by atoms with van der Waals surface area (Å²) in [5.74, 6) is 0. The van der Waals surface area contributed by atoms with Crippen molar-refractivity contribution in [2.75, 3.05) is 32.9 Å². The van der Waals surface area contributed by atoms with E-state index >= 15 is 0 Å². The molecule has 1 atom stereocenters. The van der Waals surface area contributed by atoms with Gasteiger partial charge in [0.2, 0.25) is 0 Å². The smallest absolute Gasteiger partial charge is 0.157 e. The van der Waals surface area contributed by atoms with Crippen LogP contribution in [0.25, 0.3) is 0 Å². The summed E-state index contributed by atoms with van der Waals surface area (Å²) in [6, 6.07) is 0. The fourth-order valence-corrected chi connectivity index (χ4v) is 1.78. The van der Waals surface area contributed by atoms with E-state index in [-0.39, 0.29) is 6.54 Å². The predicted molar refractivity (Wildman–Crippen MR) is 37.0 cm³/mol. The lowest BCUT2D eigenvalue weighted by Gasteiger charge is -2.44. The van der Waals surface area contributed by atoms with Crippen LogP contribution in [-0.4, -0.2) is 43.7 Å². The highest BCUT2D eigenvalue weighted by molar-refractivity contribution is 5.10. The van der Waals surface area contributed by atoms with E-state index in [1.807, 2.05) is 0 Å². The maximum absolute atomic E-state index is 13.7. The average Bonchev–Trinajstić information content (AvgIpc) is 2.27. The summed E-state index contributed by atoms with van der Waals surface area (Å²) < 4.78 is 18.7. The minimum Gasteiger partial charge on any atom is -0.393 e. The van der Waals surface area contributed by atoms with Crippen LogP contribution >= 0.6 is 0 Å². The molecule has 0 aromatic heterocycles. The third-order valence-electron chi connectivity index (χ3n) is 2.83. The minimum atomic E-state index is -1.45. The number of alkyl halides is 1. The third kappa shape index (κ3) is 0.774. The Bertz CT molecular complexity index is 162. The van der Waals surface area contributed by atoms with Crippen molar-refractivity contribution in [1.82, 2.24) is 5.32 Å². The molecule has 0 aliphatic carbocycles. The van der Waals surface area contributed by atoms with Crippen molar-refractivity contribution in [3.63, 3.8) is 0 Å². The maximum atomic E-state index is 13.7. The number of aliphatic hydroxyl groups excluding tert-OH is 1. The van der Waals surface area contributed by atoms with Gasteiger partial charge in [-0.1, -0.05) is 0 Å². The predicted octanol–water partition coefficient (Wildman–Crippen LogP) is -0.693. The SMILES string of the molecule is OCC1(F)CNCC12COC2. The molecular formula is C7H12FNO2. The molecule has 3 nitrogen and oxygen atoms in total. The lowest BCUT2D eigenvalue weighted by Crippen LogP contribution is -2.58. The molecule has 1 spiro atoms. The fraction of sp³-hybridized carbons (Fsp3) is 1.00. The van der Waals surface area contributed by atoms with Crippen molar-refractivity contribution in [2.24, 2.45) is 5.41 Å². The van der Waals surface area contributed by atoms with E-state index in [4.69, 9.17) is 9.84 Å². The normalized spacial score (nSPS) is 40.9. The molecule has 2 N–H and O–H groups in total. The summed E-state index contributed by atoms with van der Waals surface area (Å²) in [7, 11) is 0. The van der Waals surface area contributed by atoms with Crippen LogP contribution in [0.2, 0.25) is 0 Å². The zero-order chi connectivity index (χ0) is 7.95. The molecular weight excluding hydrogens is 149 g/mol. The summed E-state index contributed by atoms with van der Waals surface area (Å²) in [4.78, 5) is 0. The van der Waals surface area contributed by atoms with Crippen molar-refractivity contribution in [3.8, 4) is 0 Å². The molecule has 2 rings (SSSR count). The van der Waals surface area contributed by atoms with Gasteiger partial charge in [0, 0.05) is 13.1 Å². The topological polar surface area (TPSA) is 41.5 Å². The highest BCUT2D eigenvalue weighted by Gasteiger charge is 2.60. The zero-order valence-corrected chi connectivity index (χ0v) is 6.27. The molecule has 64 valence electrons. The fourth-order valence-electron chi connectivity index (χ4n) is 1.78. The highest BCUT2D eigenvalue weighted by Crippen LogP contribution is 2.43. The Morgan fingerprint density at radius 2 is 2.18 bits per heavy atom. The van der Waals surface area contributed by atoms with E-state index in [2.05, 4.69) is 5.32 Å². The van der Waals surface area contributed by atoms with Crippen molar-refractivity contribution in [1.29, 1.82) is 0 Å². The van der Waals surface area contributed by atoms with Crippen LogP contribution in [0.15, 0.2) is 0 Å². The quantitative estimate of drug-likeness (QED) is 0.534. The van der Waals surface area contributed by atoms with E-state index in [1.165, 1.54) is 0 Å². The van der Waals surface area contributed by atoms with Crippen LogP contribution in [0.1, 0.15) is 0 Å². The van der Waals surface area contributed by atoms with Crippen LogP contribution in [0, 0.1) is 5.41 Å². The van der Waals surface area contributed by atoms with Gasteiger partial charge in [0.1, 0.15) is 0 Å². The van der Waals surface area contributed by atoms with Gasteiger partial charge >= 0.3 is 0 Å². The molecule has 2 fully saturated rings. The lowest BCUT2D eigenvalue weighted by atomic mass is 9.74. The summed E-state index contributed by atoms with van der Waals surface area (Å²) in [5.41, 5.74) is -1.88. The largest absolute Gasteiger partial charge is 0.393 e. The lowest BCUT2D eigenvalue weighted by molar-refractivity contribution is -0.177. The van der Waals surface area contributed by atoms with Gasteiger partial charge in [0.25, 0.3) is 0 Å². The molecule has 0 aromatic rings. The van der Waals surface area contributed by atoms with Gasteiger partial charge in [-0.25, -0.2) is 4.39 Å². The number of rotatable bonds is 1. The average molecular weight is 161 g/mol. The number of halogens is 1. The van der Waals surface area contributed by atoms with Crippen LogP contribution in [-0.2, 0) is 4.74 Å². The zero-order valence-electron chi connectivity index (χ0n) is 6.27. The third-order valence-corrected chi connectivity index (χ3v) is 2.83. The van der Waals surface area contributed by atoms with Gasteiger partial charge < -0.3 is 15.2 Å². The first-order valence-electron chi connectivity index (χ1n) is 3.81. The maximum Gasteiger partial charge on any atom is 0.157 e. The summed E-state index contributed by atoms with van der Waals surface area (Å²) in [6.45, 7) is 1.37. The molecule has 0 saturated carbocycles. The molecule has 0 amide bonds. The standard InChI is InChI=1S/C7H12FNO2/c8-7(3-10)2-9-1-6(7)4-11-5-6/h9-10H,1-5H2. The number of ether oxygens (including phenoxy) is 1. The van der Waals surface area contributed by atoms with E-state index in [0.29, 0.717) is 19.8 Å². The number of hydrogen-bond acceptors (Lipinski definition) is 3. The number of nitrogens with one attached hydrogen (secondary N) is 1. The van der Waals surface area contributed by atoms with Crippen LogP contribution in [0.5, 0.6) is 0 Å². The molecule has 1 unspecified atom stereocenters. The van der Waals surface area contributed by atoms with Crippen LogP contribution in [0.4, 0.5) is 4.39 Å². The van der Waals surface area contributed by atoms with Gasteiger partial charge in [-0.2, -0.15) is 0 Å². The van der Waals surface area contributed by atoms with Gasteiger partial charge in [-0.3, -0.25) is 0 Å². The molecule has 2 heterocycles. The van der Waals surface area contributed by atoms with E-state index in [1.54, 1.807) is 0 Å². The first kappa shape index (κ1) is 7.46. The molecule has 11 heavy (non-hydrogen) atoms. The Morgan fingerprint density at radius 3 is 2.55 bits per heavy atom. The molecule has 2 aliphatic heterocycles.